The summed E-state index contributed by atoms with van der Waals surface area (Å²) in [4.78, 5) is 45.7. The third-order valence-corrected chi connectivity index (χ3v) is 8.64. The fourth-order valence-corrected chi connectivity index (χ4v) is 7.45. The Balaban J connectivity index is 1.92. The lowest BCUT2D eigenvalue weighted by Crippen LogP contribution is -2.62. The van der Waals surface area contributed by atoms with Gasteiger partial charge in [0, 0.05) is 12.1 Å². The van der Waals surface area contributed by atoms with Crippen molar-refractivity contribution in [3.05, 3.63) is 24.3 Å². The van der Waals surface area contributed by atoms with E-state index in [0.29, 0.717) is 13.0 Å². The molecule has 0 radical (unpaired) electrons. The quantitative estimate of drug-likeness (QED) is 0.431. The number of carbonyl (C=O) groups excluding carboxylic acids is 3. The van der Waals surface area contributed by atoms with Crippen molar-refractivity contribution in [1.82, 2.24) is 9.80 Å². The van der Waals surface area contributed by atoms with Crippen molar-refractivity contribution in [2.45, 2.75) is 97.1 Å². The lowest BCUT2D eigenvalue weighted by atomic mass is 9.73. The second-order valence-corrected chi connectivity index (χ2v) is 13.3. The van der Waals surface area contributed by atoms with Crippen molar-refractivity contribution in [2.75, 3.05) is 19.8 Å². The minimum Gasteiger partial charge on any atom is -0.461 e. The second kappa shape index (κ2) is 9.23. The highest BCUT2D eigenvalue weighted by atomic mass is 16.6. The van der Waals surface area contributed by atoms with Crippen molar-refractivity contribution in [3.63, 3.8) is 0 Å². The number of aliphatic hydroxyl groups excluding tert-OH is 1. The number of aliphatic hydroxyl groups is 1. The number of hydrogen-bond acceptors (Lipinski definition) is 6. The number of ether oxygens (including phenoxy) is 2. The van der Waals surface area contributed by atoms with Crippen LogP contribution in [0, 0.1) is 23.2 Å². The van der Waals surface area contributed by atoms with Gasteiger partial charge in [0.05, 0.1) is 18.6 Å². The van der Waals surface area contributed by atoms with Crippen molar-refractivity contribution in [3.8, 4) is 0 Å². The van der Waals surface area contributed by atoms with E-state index in [4.69, 9.17) is 9.47 Å². The van der Waals surface area contributed by atoms with Crippen LogP contribution in [0.4, 0.5) is 0 Å². The second-order valence-electron chi connectivity index (χ2n) is 13.3. The number of nitrogens with zero attached hydrogens (tertiary/aromatic N) is 2. The largest absolute Gasteiger partial charge is 0.461 e. The topological polar surface area (TPSA) is 96.4 Å². The van der Waals surface area contributed by atoms with E-state index in [9.17, 15) is 19.5 Å². The van der Waals surface area contributed by atoms with Gasteiger partial charge in [0.25, 0.3) is 0 Å². The van der Waals surface area contributed by atoms with E-state index in [-0.39, 0.29) is 36.4 Å². The molecule has 0 aromatic carbocycles. The normalized spacial score (nSPS) is 34.8. The molecule has 2 saturated heterocycles. The number of hydrogen-bond donors (Lipinski definition) is 1. The first-order valence-electron chi connectivity index (χ1n) is 13.6. The first-order valence-corrected chi connectivity index (χ1v) is 13.6. The number of likely N-dealkylation sites (tertiary alicyclic amines) is 1. The van der Waals surface area contributed by atoms with Crippen LogP contribution >= 0.6 is 0 Å². The Bertz CT molecular complexity index is 1010. The Morgan fingerprint density at radius 1 is 1.05 bits per heavy atom. The number of rotatable bonds is 6. The molecule has 2 amide bonds. The van der Waals surface area contributed by atoms with Gasteiger partial charge in [0.15, 0.2) is 0 Å². The van der Waals surface area contributed by atoms with Crippen LogP contribution in [-0.4, -0.2) is 81.3 Å². The lowest BCUT2D eigenvalue weighted by Gasteiger charge is -2.46. The molecule has 8 heteroatoms. The van der Waals surface area contributed by atoms with Gasteiger partial charge in [-0.2, -0.15) is 0 Å². The highest BCUT2D eigenvalue weighted by Crippen LogP contribution is 2.59. The summed E-state index contributed by atoms with van der Waals surface area (Å²) in [6.07, 6.45) is 8.59. The maximum atomic E-state index is 14.6. The van der Waals surface area contributed by atoms with Crippen molar-refractivity contribution in [1.29, 1.82) is 0 Å². The summed E-state index contributed by atoms with van der Waals surface area (Å²) in [5.41, 5.74) is -2.93. The molecule has 4 aliphatic rings. The zero-order chi connectivity index (χ0) is 27.6. The number of esters is 1. The summed E-state index contributed by atoms with van der Waals surface area (Å²) in [7, 11) is 0. The summed E-state index contributed by atoms with van der Waals surface area (Å²) in [6, 6.07) is -1.60. The van der Waals surface area contributed by atoms with Crippen molar-refractivity contribution >= 4 is 17.8 Å². The molecule has 6 atom stereocenters. The maximum absolute atomic E-state index is 14.6. The first-order chi connectivity index (χ1) is 17.2. The molecule has 4 rings (SSSR count). The summed E-state index contributed by atoms with van der Waals surface area (Å²) < 4.78 is 12.4. The fourth-order valence-electron chi connectivity index (χ4n) is 7.45. The third-order valence-electron chi connectivity index (χ3n) is 8.64. The summed E-state index contributed by atoms with van der Waals surface area (Å²) in [5.74, 6) is -2.95. The van der Waals surface area contributed by atoms with Crippen LogP contribution in [0.2, 0.25) is 0 Å². The van der Waals surface area contributed by atoms with Crippen LogP contribution in [0.1, 0.15) is 68.2 Å². The smallest absolute Gasteiger partial charge is 0.313 e. The Kier molecular flexibility index (Phi) is 6.94. The number of amides is 2. The highest BCUT2D eigenvalue weighted by molar-refractivity contribution is 5.99. The van der Waals surface area contributed by atoms with Gasteiger partial charge in [-0.25, -0.2) is 0 Å². The molecule has 0 saturated carbocycles. The SMILES string of the molecule is CC[C@]12C=CCOC(=O)[C@H]1[C@H]1C(=O)N([C@@H](CO)C(C)C)C3C(=O)N(C(C)(C)CC(C)(C)C)CC=C[C@@]31O2. The minimum absolute atomic E-state index is 0.0331. The van der Waals surface area contributed by atoms with Crippen molar-refractivity contribution < 1.29 is 29.0 Å². The van der Waals surface area contributed by atoms with Gasteiger partial charge in [-0.05, 0) is 44.1 Å². The molecule has 1 spiro atoms. The molecule has 4 heterocycles. The zero-order valence-electron chi connectivity index (χ0n) is 23.6. The van der Waals surface area contributed by atoms with Gasteiger partial charge in [0.2, 0.25) is 11.8 Å². The molecular weight excluding hydrogens is 472 g/mol. The van der Waals surface area contributed by atoms with E-state index in [2.05, 4.69) is 34.6 Å². The molecule has 0 bridgehead atoms. The first kappa shape index (κ1) is 27.8. The summed E-state index contributed by atoms with van der Waals surface area (Å²) >= 11 is 0. The van der Waals surface area contributed by atoms with E-state index >= 15 is 0 Å². The average Bonchev–Trinajstić information content (AvgIpc) is 3.04. The average molecular weight is 517 g/mol. The fraction of sp³-hybridized carbons (Fsp3) is 0.759. The third kappa shape index (κ3) is 4.24. The van der Waals surface area contributed by atoms with Gasteiger partial charge in [-0.3, -0.25) is 14.4 Å². The molecule has 4 aliphatic heterocycles. The monoisotopic (exact) mass is 516 g/mol. The van der Waals surface area contributed by atoms with Crippen LogP contribution in [0.15, 0.2) is 24.3 Å². The van der Waals surface area contributed by atoms with E-state index < -0.39 is 46.6 Å². The number of carbonyl (C=O) groups is 3. The molecular formula is C29H44N2O6. The highest BCUT2D eigenvalue weighted by Gasteiger charge is 2.76. The standard InChI is InChI=1S/C29H44N2O6/c1-9-28-12-11-15-36-25(35)21(28)20-23(33)31(19(16-32)18(2)3)22-24(34)30(14-10-13-29(20,22)37-28)27(7,8)17-26(4,5)6/h10-13,18-22,32H,9,14-17H2,1-8H3/t19-,20-,21+,22?,28-,29-/m0/s1. The van der Waals surface area contributed by atoms with E-state index in [1.807, 2.05) is 43.9 Å². The summed E-state index contributed by atoms with van der Waals surface area (Å²) in [6.45, 7) is 16.5. The van der Waals surface area contributed by atoms with E-state index in [1.54, 1.807) is 6.08 Å². The Morgan fingerprint density at radius 2 is 1.73 bits per heavy atom. The molecule has 2 fully saturated rings. The Morgan fingerprint density at radius 3 is 2.30 bits per heavy atom. The minimum atomic E-state index is -1.34. The van der Waals surface area contributed by atoms with Gasteiger partial charge in [0.1, 0.15) is 29.8 Å². The molecule has 8 nitrogen and oxygen atoms in total. The van der Waals surface area contributed by atoms with Gasteiger partial charge < -0.3 is 24.4 Å². The molecule has 206 valence electrons. The maximum Gasteiger partial charge on any atom is 0.313 e. The predicted molar refractivity (Wildman–Crippen MR) is 139 cm³/mol. The molecule has 0 aromatic heterocycles. The van der Waals surface area contributed by atoms with Crippen LogP contribution in [0.3, 0.4) is 0 Å². The van der Waals surface area contributed by atoms with E-state index in [0.717, 1.165) is 6.42 Å². The molecule has 0 aliphatic carbocycles. The zero-order valence-corrected chi connectivity index (χ0v) is 23.6. The number of cyclic esters (lactones) is 1. The van der Waals surface area contributed by atoms with Crippen LogP contribution < -0.4 is 0 Å². The Hall–Kier alpha value is -2.19. The van der Waals surface area contributed by atoms with Crippen LogP contribution in [0.5, 0.6) is 0 Å². The molecule has 0 aromatic rings. The van der Waals surface area contributed by atoms with E-state index in [1.165, 1.54) is 4.90 Å². The number of fused-ring (bicyclic) bond motifs is 2. The van der Waals surface area contributed by atoms with Crippen LogP contribution in [0.25, 0.3) is 0 Å². The van der Waals surface area contributed by atoms with Crippen molar-refractivity contribution in [2.24, 2.45) is 23.2 Å². The van der Waals surface area contributed by atoms with Crippen LogP contribution in [-0.2, 0) is 23.9 Å². The lowest BCUT2D eigenvalue weighted by molar-refractivity contribution is -0.164. The predicted octanol–water partition coefficient (Wildman–Crippen LogP) is 3.09. The van der Waals surface area contributed by atoms with Gasteiger partial charge >= 0.3 is 5.97 Å². The molecule has 1 N–H and O–H groups in total. The Labute approximate surface area is 221 Å². The van der Waals surface area contributed by atoms with Gasteiger partial charge in [-0.1, -0.05) is 59.8 Å². The molecule has 37 heavy (non-hydrogen) atoms. The van der Waals surface area contributed by atoms with Gasteiger partial charge in [-0.15, -0.1) is 0 Å². The summed E-state index contributed by atoms with van der Waals surface area (Å²) in [5, 5.41) is 10.4. The molecule has 1 unspecified atom stereocenters.